The summed E-state index contributed by atoms with van der Waals surface area (Å²) in [6.45, 7) is 3.79. The maximum atomic E-state index is 6.49. The van der Waals surface area contributed by atoms with E-state index in [1.165, 1.54) is 29.8 Å². The molecule has 3 radical (unpaired) electrons. The van der Waals surface area contributed by atoms with E-state index >= 15 is 0 Å². The van der Waals surface area contributed by atoms with Gasteiger partial charge < -0.3 is 9.13 Å². The summed E-state index contributed by atoms with van der Waals surface area (Å²) < 4.78 is 6.99. The van der Waals surface area contributed by atoms with Gasteiger partial charge in [0.15, 0.2) is 10.7 Å². The molecule has 0 amide bonds. The molecule has 5 aliphatic rings. The fourth-order valence-electron chi connectivity index (χ4n) is 4.75. The average Bonchev–Trinajstić information content (AvgIpc) is 3.11. The first-order chi connectivity index (χ1) is 11.1. The van der Waals surface area contributed by atoms with Gasteiger partial charge in [-0.15, -0.1) is 11.3 Å². The van der Waals surface area contributed by atoms with Gasteiger partial charge in [0.05, 0.1) is 18.8 Å². The van der Waals surface area contributed by atoms with Crippen molar-refractivity contribution in [2.24, 2.45) is 10.9 Å². The van der Waals surface area contributed by atoms with E-state index in [2.05, 4.69) is 10.3 Å². The number of ether oxygens (including phenoxy) is 1. The second-order valence-electron chi connectivity index (χ2n) is 7.61. The van der Waals surface area contributed by atoms with E-state index < -0.39 is 0 Å². The second kappa shape index (κ2) is 4.96. The number of hydrogen-bond donors (Lipinski definition) is 1. The Balaban J connectivity index is 1.31. The number of aliphatic imine (C=N–C) groups is 1. The fourth-order valence-corrected chi connectivity index (χ4v) is 5.79. The zero-order chi connectivity index (χ0) is 15.5. The van der Waals surface area contributed by atoms with Crippen molar-refractivity contribution in [1.29, 1.82) is 0 Å². The first kappa shape index (κ1) is 14.3. The molecule has 1 atom stereocenters. The highest BCUT2D eigenvalue weighted by atomic mass is 32.1. The van der Waals surface area contributed by atoms with Crippen molar-refractivity contribution in [2.45, 2.75) is 44.1 Å². The predicted molar refractivity (Wildman–Crippen MR) is 91.8 cm³/mol. The molecule has 23 heavy (non-hydrogen) atoms. The summed E-state index contributed by atoms with van der Waals surface area (Å²) >= 11 is 1.76. The van der Waals surface area contributed by atoms with Crippen LogP contribution in [0.1, 0.15) is 36.3 Å². The Morgan fingerprint density at radius 1 is 1.26 bits per heavy atom. The molecule has 1 N–H and O–H groups in total. The summed E-state index contributed by atoms with van der Waals surface area (Å²) in [6, 6.07) is 0.649. The molecule has 0 aromatic carbocycles. The molecule has 1 spiro atoms. The summed E-state index contributed by atoms with van der Waals surface area (Å²) in [5.41, 5.74) is 1.09. The topological polar surface area (TPSA) is 46.5 Å². The number of aromatic nitrogens is 1. The minimum absolute atomic E-state index is 0.176. The van der Waals surface area contributed by atoms with Crippen LogP contribution in [0.5, 0.6) is 0 Å². The van der Waals surface area contributed by atoms with Crippen molar-refractivity contribution >= 4 is 30.5 Å². The van der Waals surface area contributed by atoms with E-state index in [1.54, 1.807) is 11.3 Å². The summed E-state index contributed by atoms with van der Waals surface area (Å²) in [4.78, 5) is 10.8. The van der Waals surface area contributed by atoms with Crippen molar-refractivity contribution in [3.8, 4) is 0 Å². The number of amidine groups is 1. The van der Waals surface area contributed by atoms with Crippen LogP contribution in [0.4, 0.5) is 5.13 Å². The molecule has 1 aromatic rings. The van der Waals surface area contributed by atoms with Gasteiger partial charge in [0.1, 0.15) is 0 Å². The maximum Gasteiger partial charge on any atom is 0.292 e. The molecule has 4 aliphatic heterocycles. The van der Waals surface area contributed by atoms with Gasteiger partial charge in [0, 0.05) is 23.9 Å². The first-order valence-corrected chi connectivity index (χ1v) is 9.60. The van der Waals surface area contributed by atoms with Gasteiger partial charge in [0.25, 0.3) is 6.02 Å². The van der Waals surface area contributed by atoms with E-state index in [-0.39, 0.29) is 5.60 Å². The van der Waals surface area contributed by atoms with E-state index in [0.717, 1.165) is 50.6 Å². The summed E-state index contributed by atoms with van der Waals surface area (Å²) in [5, 5.41) is 4.26. The van der Waals surface area contributed by atoms with Crippen LogP contribution in [0.2, 0.25) is 0 Å². The number of nitrogens with one attached hydrogen (secondary N) is 1. The molecule has 5 heterocycles. The lowest BCUT2D eigenvalue weighted by atomic mass is 9.72. The highest BCUT2D eigenvalue weighted by molar-refractivity contribution is 7.15. The first-order valence-electron chi connectivity index (χ1n) is 8.78. The third kappa shape index (κ3) is 2.31. The van der Waals surface area contributed by atoms with Crippen LogP contribution < -0.4 is 5.32 Å². The number of nitrogens with zero attached hydrogens (tertiary/aromatic N) is 3. The molecular formula is C16H22BN4OS. The minimum Gasteiger partial charge on any atom is -0.585 e. The van der Waals surface area contributed by atoms with Crippen LogP contribution in [0.15, 0.2) is 4.99 Å². The fraction of sp³-hybridized carbons (Fsp3) is 0.750. The zero-order valence-corrected chi connectivity index (χ0v) is 14.2. The lowest BCUT2D eigenvalue weighted by Crippen LogP contribution is -2.69. The molecule has 5 nitrogen and oxygen atoms in total. The zero-order valence-electron chi connectivity index (χ0n) is 13.4. The predicted octanol–water partition coefficient (Wildman–Crippen LogP) is 1.88. The van der Waals surface area contributed by atoms with Crippen LogP contribution in [0, 0.1) is 5.92 Å². The molecule has 1 aliphatic carbocycles. The molecule has 1 aromatic heterocycles. The molecule has 121 valence electrons. The van der Waals surface area contributed by atoms with Crippen LogP contribution in [0.3, 0.4) is 0 Å². The number of aryl methyl sites for hydroxylation is 2. The third-order valence-corrected chi connectivity index (χ3v) is 7.09. The number of piperidine rings is 3. The van der Waals surface area contributed by atoms with Crippen LogP contribution >= 0.6 is 11.3 Å². The molecule has 7 heteroatoms. The van der Waals surface area contributed by atoms with Gasteiger partial charge in [-0.1, -0.05) is 0 Å². The Hall–Kier alpha value is -1.08. The Bertz CT molecular complexity index is 644. The van der Waals surface area contributed by atoms with Crippen molar-refractivity contribution in [2.75, 3.05) is 31.5 Å². The standard InChI is InChI=1S/C16H22BN4OS/c17-21-7-5-11(6-8-21)16(10-21)9-18-14(22-16)20-15-19-12-3-1-2-4-13(12)23-15/h11H,1-10H2,(H,18,19,20). The number of hydrogen-bond acceptors (Lipinski definition) is 5. The number of rotatable bonds is 1. The lowest BCUT2D eigenvalue weighted by molar-refractivity contribution is -0.845. The van der Waals surface area contributed by atoms with Gasteiger partial charge >= 0.3 is 0 Å². The molecule has 3 saturated heterocycles. The Kier molecular flexibility index (Phi) is 3.08. The molecule has 2 bridgehead atoms. The van der Waals surface area contributed by atoms with Gasteiger partial charge in [-0.3, -0.25) is 5.32 Å². The largest absolute Gasteiger partial charge is 0.585 e. The average molecular weight is 329 g/mol. The van der Waals surface area contributed by atoms with Gasteiger partial charge in [-0.2, -0.15) is 0 Å². The molecule has 0 saturated carbocycles. The molecular weight excluding hydrogens is 307 g/mol. The van der Waals surface area contributed by atoms with Gasteiger partial charge in [0.2, 0.25) is 0 Å². The molecule has 6 rings (SSSR count). The Morgan fingerprint density at radius 3 is 2.87 bits per heavy atom. The SMILES string of the molecule is [B-][N+]12CCC(CC1)C1(CN=C(Nc3nc4c(s3)CCCC4)O1)C2. The highest BCUT2D eigenvalue weighted by Gasteiger charge is 2.54. The second-order valence-corrected chi connectivity index (χ2v) is 8.69. The molecule has 1 unspecified atom stereocenters. The van der Waals surface area contributed by atoms with Crippen molar-refractivity contribution in [1.82, 2.24) is 4.98 Å². The lowest BCUT2D eigenvalue weighted by Gasteiger charge is -2.64. The number of quaternary nitrogens is 1. The smallest absolute Gasteiger partial charge is 0.292 e. The normalized spacial score (nSPS) is 38.3. The Morgan fingerprint density at radius 2 is 2.09 bits per heavy atom. The number of anilines is 1. The van der Waals surface area contributed by atoms with Crippen molar-refractivity contribution in [3.63, 3.8) is 0 Å². The third-order valence-electron chi connectivity index (χ3n) is 6.02. The van der Waals surface area contributed by atoms with E-state index in [4.69, 9.17) is 17.7 Å². The Labute approximate surface area is 142 Å². The van der Waals surface area contributed by atoms with E-state index in [9.17, 15) is 0 Å². The monoisotopic (exact) mass is 329 g/mol. The van der Waals surface area contributed by atoms with Gasteiger partial charge in [-0.05, 0) is 38.5 Å². The van der Waals surface area contributed by atoms with Crippen LogP contribution in [-0.2, 0) is 17.6 Å². The van der Waals surface area contributed by atoms with Crippen LogP contribution in [-0.4, -0.2) is 55.2 Å². The molecule has 3 fully saturated rings. The highest BCUT2D eigenvalue weighted by Crippen LogP contribution is 2.43. The minimum atomic E-state index is -0.176. The van der Waals surface area contributed by atoms with Crippen LogP contribution in [0.25, 0.3) is 0 Å². The van der Waals surface area contributed by atoms with Crippen molar-refractivity contribution in [3.05, 3.63) is 10.6 Å². The summed E-state index contributed by atoms with van der Waals surface area (Å²) in [7, 11) is 6.49. The van der Waals surface area contributed by atoms with E-state index in [1.807, 2.05) is 0 Å². The summed E-state index contributed by atoms with van der Waals surface area (Å²) in [6.07, 6.45) is 7.14. The number of fused-ring (bicyclic) bond motifs is 3. The summed E-state index contributed by atoms with van der Waals surface area (Å²) in [5.74, 6) is 0.596. The van der Waals surface area contributed by atoms with Gasteiger partial charge in [-0.25, -0.2) is 18.0 Å². The van der Waals surface area contributed by atoms with E-state index in [0.29, 0.717) is 16.3 Å². The number of thiazole rings is 1. The quantitative estimate of drug-likeness (QED) is 0.801. The maximum absolute atomic E-state index is 6.49. The van der Waals surface area contributed by atoms with Crippen molar-refractivity contribution < 1.29 is 9.13 Å².